The van der Waals surface area contributed by atoms with E-state index in [-0.39, 0.29) is 5.41 Å². The van der Waals surface area contributed by atoms with Crippen molar-refractivity contribution in [1.29, 1.82) is 0 Å². The summed E-state index contributed by atoms with van der Waals surface area (Å²) in [5, 5.41) is 8.88. The van der Waals surface area contributed by atoms with E-state index in [4.69, 9.17) is 9.84 Å². The summed E-state index contributed by atoms with van der Waals surface area (Å²) in [4.78, 5) is 10.8. The van der Waals surface area contributed by atoms with Gasteiger partial charge in [0.25, 0.3) is 0 Å². The topological polar surface area (TPSA) is 46.5 Å². The predicted octanol–water partition coefficient (Wildman–Crippen LogP) is 6.59. The van der Waals surface area contributed by atoms with E-state index in [0.717, 1.165) is 18.1 Å². The van der Waals surface area contributed by atoms with Crippen molar-refractivity contribution >= 4 is 12.0 Å². The van der Waals surface area contributed by atoms with Gasteiger partial charge in [-0.25, -0.2) is 4.79 Å². The summed E-state index contributed by atoms with van der Waals surface area (Å²) in [5.74, 6) is -0.259. The Morgan fingerprint density at radius 2 is 1.24 bits per heavy atom. The van der Waals surface area contributed by atoms with Crippen LogP contribution in [0.5, 0.6) is 5.75 Å². The number of ether oxygens (including phenoxy) is 1. The normalized spacial score (nSPS) is 11.4. The molecule has 4 aromatic rings. The van der Waals surface area contributed by atoms with Crippen molar-refractivity contribution in [2.24, 2.45) is 0 Å². The molecule has 0 bridgehead atoms. The zero-order valence-electron chi connectivity index (χ0n) is 18.3. The lowest BCUT2D eigenvalue weighted by atomic mass is 9.67. The Bertz CT molecular complexity index is 1100. The first-order valence-corrected chi connectivity index (χ1v) is 11.0. The van der Waals surface area contributed by atoms with E-state index < -0.39 is 5.97 Å². The molecule has 0 spiro atoms. The lowest BCUT2D eigenvalue weighted by Crippen LogP contribution is -2.31. The second kappa shape index (κ2) is 10.5. The van der Waals surface area contributed by atoms with Gasteiger partial charge in [-0.05, 0) is 46.9 Å². The molecule has 33 heavy (non-hydrogen) atoms. The molecule has 0 amide bonds. The van der Waals surface area contributed by atoms with Crippen LogP contribution in [0.25, 0.3) is 6.08 Å². The first-order valence-electron chi connectivity index (χ1n) is 11.0. The zero-order chi connectivity index (χ0) is 22.9. The van der Waals surface area contributed by atoms with Crippen LogP contribution in [0.1, 0.15) is 28.7 Å². The largest absolute Gasteiger partial charge is 0.494 e. The third kappa shape index (κ3) is 5.21. The van der Waals surface area contributed by atoms with E-state index in [0.29, 0.717) is 12.4 Å². The van der Waals surface area contributed by atoms with E-state index in [1.165, 1.54) is 16.7 Å². The van der Waals surface area contributed by atoms with Gasteiger partial charge in [0.05, 0.1) is 6.61 Å². The van der Waals surface area contributed by atoms with Gasteiger partial charge in [-0.3, -0.25) is 0 Å². The van der Waals surface area contributed by atoms with Crippen LogP contribution in [0.4, 0.5) is 0 Å². The van der Waals surface area contributed by atoms with Crippen molar-refractivity contribution in [2.75, 3.05) is 6.61 Å². The monoisotopic (exact) mass is 434 g/mol. The van der Waals surface area contributed by atoms with Gasteiger partial charge in [0.15, 0.2) is 0 Å². The summed E-state index contributed by atoms with van der Waals surface area (Å²) < 4.78 is 6.19. The van der Waals surface area contributed by atoms with E-state index >= 15 is 0 Å². The van der Waals surface area contributed by atoms with Crippen LogP contribution < -0.4 is 4.74 Å². The highest BCUT2D eigenvalue weighted by Crippen LogP contribution is 2.42. The molecule has 0 fully saturated rings. The third-order valence-electron chi connectivity index (χ3n) is 5.82. The highest BCUT2D eigenvalue weighted by Gasteiger charge is 2.36. The minimum absolute atomic E-state index is 0.370. The van der Waals surface area contributed by atoms with Crippen LogP contribution in [0.3, 0.4) is 0 Å². The molecule has 4 rings (SSSR count). The fourth-order valence-electron chi connectivity index (χ4n) is 4.30. The second-order valence-electron chi connectivity index (χ2n) is 7.85. The number of carboxylic acids is 1. The zero-order valence-corrected chi connectivity index (χ0v) is 18.3. The molecule has 0 unspecified atom stereocenters. The van der Waals surface area contributed by atoms with Crippen molar-refractivity contribution < 1.29 is 14.6 Å². The van der Waals surface area contributed by atoms with E-state index in [2.05, 4.69) is 72.8 Å². The number of carboxylic acid groups (broad SMARTS) is 1. The SMILES string of the molecule is O=C(O)C=Cc1cccc(OCCC(c2ccccc2)(c2ccccc2)c2ccccc2)c1. The summed E-state index contributed by atoms with van der Waals surface area (Å²) in [7, 11) is 0. The van der Waals surface area contributed by atoms with E-state index in [1.807, 2.05) is 42.5 Å². The van der Waals surface area contributed by atoms with Gasteiger partial charge >= 0.3 is 5.97 Å². The Morgan fingerprint density at radius 3 is 1.73 bits per heavy atom. The molecule has 0 aromatic heterocycles. The molecule has 3 nitrogen and oxygen atoms in total. The summed E-state index contributed by atoms with van der Waals surface area (Å²) >= 11 is 0. The molecule has 0 aliphatic rings. The van der Waals surface area contributed by atoms with Gasteiger partial charge in [-0.2, -0.15) is 0 Å². The van der Waals surface area contributed by atoms with E-state index in [1.54, 1.807) is 6.08 Å². The molecule has 1 N–H and O–H groups in total. The first-order chi connectivity index (χ1) is 16.2. The van der Waals surface area contributed by atoms with Gasteiger partial charge in [0, 0.05) is 11.5 Å². The number of carbonyl (C=O) groups is 1. The molecule has 0 aliphatic heterocycles. The third-order valence-corrected chi connectivity index (χ3v) is 5.82. The molecule has 164 valence electrons. The minimum atomic E-state index is -0.973. The van der Waals surface area contributed by atoms with Crippen LogP contribution >= 0.6 is 0 Å². The Hall–Kier alpha value is -4.11. The molecule has 0 heterocycles. The van der Waals surface area contributed by atoms with Crippen molar-refractivity contribution in [2.45, 2.75) is 11.8 Å². The number of benzene rings is 4. The Morgan fingerprint density at radius 1 is 0.727 bits per heavy atom. The molecule has 0 radical (unpaired) electrons. The van der Waals surface area contributed by atoms with Crippen LogP contribution in [0.15, 0.2) is 121 Å². The Kier molecular flexibility index (Phi) is 7.01. The van der Waals surface area contributed by atoms with Crippen LogP contribution in [-0.2, 0) is 10.2 Å². The van der Waals surface area contributed by atoms with Crippen LogP contribution in [-0.4, -0.2) is 17.7 Å². The molecule has 0 aliphatic carbocycles. The fraction of sp³-hybridized carbons (Fsp3) is 0.100. The van der Waals surface area contributed by atoms with E-state index in [9.17, 15) is 4.79 Å². The van der Waals surface area contributed by atoms with Crippen molar-refractivity contribution in [3.05, 3.63) is 144 Å². The predicted molar refractivity (Wildman–Crippen MR) is 132 cm³/mol. The quantitative estimate of drug-likeness (QED) is 0.239. The van der Waals surface area contributed by atoms with Gasteiger partial charge in [-0.15, -0.1) is 0 Å². The minimum Gasteiger partial charge on any atom is -0.494 e. The van der Waals surface area contributed by atoms with Gasteiger partial charge in [-0.1, -0.05) is 103 Å². The van der Waals surface area contributed by atoms with Gasteiger partial charge < -0.3 is 9.84 Å². The fourth-order valence-corrected chi connectivity index (χ4v) is 4.30. The first kappa shape index (κ1) is 22.1. The van der Waals surface area contributed by atoms with Crippen molar-refractivity contribution in [1.82, 2.24) is 0 Å². The highest BCUT2D eigenvalue weighted by molar-refractivity contribution is 5.85. The summed E-state index contributed by atoms with van der Waals surface area (Å²) in [6.07, 6.45) is 3.43. The molecular formula is C30H26O3. The van der Waals surface area contributed by atoms with Crippen molar-refractivity contribution in [3.8, 4) is 5.75 Å². The molecule has 0 atom stereocenters. The average molecular weight is 435 g/mol. The Labute approximate surface area is 194 Å². The summed E-state index contributed by atoms with van der Waals surface area (Å²) in [6, 6.07) is 39.1. The number of hydrogen-bond donors (Lipinski definition) is 1. The summed E-state index contributed by atoms with van der Waals surface area (Å²) in [5.41, 5.74) is 4.05. The molecule has 4 aromatic carbocycles. The molecule has 3 heteroatoms. The average Bonchev–Trinajstić information content (AvgIpc) is 2.87. The molecular weight excluding hydrogens is 408 g/mol. The maximum Gasteiger partial charge on any atom is 0.328 e. The lowest BCUT2D eigenvalue weighted by molar-refractivity contribution is -0.131. The summed E-state index contributed by atoms with van der Waals surface area (Å²) in [6.45, 7) is 0.491. The molecule has 0 saturated heterocycles. The van der Waals surface area contributed by atoms with Gasteiger partial charge in [0.1, 0.15) is 5.75 Å². The smallest absolute Gasteiger partial charge is 0.328 e. The van der Waals surface area contributed by atoms with Gasteiger partial charge in [0.2, 0.25) is 0 Å². The Balaban J connectivity index is 1.68. The standard InChI is InChI=1S/C30H26O3/c31-29(32)20-19-24-11-10-18-28(23-24)33-22-21-30(25-12-4-1-5-13-25,26-14-6-2-7-15-26)27-16-8-3-9-17-27/h1-20,23H,21-22H2,(H,31,32). The van der Waals surface area contributed by atoms with Crippen LogP contribution in [0, 0.1) is 0 Å². The lowest BCUT2D eigenvalue weighted by Gasteiger charge is -2.36. The number of aliphatic carboxylic acids is 1. The number of hydrogen-bond acceptors (Lipinski definition) is 2. The van der Waals surface area contributed by atoms with Crippen LogP contribution in [0.2, 0.25) is 0 Å². The highest BCUT2D eigenvalue weighted by atomic mass is 16.5. The van der Waals surface area contributed by atoms with Crippen molar-refractivity contribution in [3.63, 3.8) is 0 Å². The second-order valence-corrected chi connectivity index (χ2v) is 7.85. The maximum atomic E-state index is 10.8. The maximum absolute atomic E-state index is 10.8. The molecule has 0 saturated carbocycles. The number of rotatable bonds is 9.